The zero-order valence-corrected chi connectivity index (χ0v) is 17.7. The van der Waals surface area contributed by atoms with Crippen LogP contribution in [0.2, 0.25) is 0 Å². The Hall–Kier alpha value is -3.39. The highest BCUT2D eigenvalue weighted by atomic mass is 16.5. The largest absolute Gasteiger partial charge is 0.481 e. The average molecular weight is 438 g/mol. The van der Waals surface area contributed by atoms with Crippen molar-refractivity contribution >= 4 is 18.0 Å². The van der Waals surface area contributed by atoms with E-state index in [4.69, 9.17) is 9.47 Å². The fourth-order valence-corrected chi connectivity index (χ4v) is 4.24. The lowest BCUT2D eigenvalue weighted by atomic mass is 9.98. The van der Waals surface area contributed by atoms with Gasteiger partial charge in [-0.25, -0.2) is 4.79 Å². The molecule has 2 aliphatic rings. The van der Waals surface area contributed by atoms with Gasteiger partial charge in [-0.1, -0.05) is 55.5 Å². The molecule has 2 aromatic rings. The third-order valence-electron chi connectivity index (χ3n) is 6.07. The molecule has 2 aromatic carbocycles. The Bertz CT molecular complexity index is 978. The van der Waals surface area contributed by atoms with Gasteiger partial charge in [0.15, 0.2) is 0 Å². The molecular weight excluding hydrogens is 412 g/mol. The number of carbonyl (C=O) groups is 3. The number of amides is 2. The molecule has 3 atom stereocenters. The predicted octanol–water partition coefficient (Wildman–Crippen LogP) is 2.38. The first-order valence-corrected chi connectivity index (χ1v) is 10.7. The molecule has 1 aliphatic heterocycles. The molecule has 1 fully saturated rings. The molecule has 3 N–H and O–H groups in total. The van der Waals surface area contributed by atoms with Crippen molar-refractivity contribution in [2.75, 3.05) is 26.4 Å². The quantitative estimate of drug-likeness (QED) is 0.612. The highest BCUT2D eigenvalue weighted by molar-refractivity contribution is 5.81. The van der Waals surface area contributed by atoms with E-state index in [0.29, 0.717) is 0 Å². The maximum atomic E-state index is 12.4. The van der Waals surface area contributed by atoms with Crippen molar-refractivity contribution in [3.05, 3.63) is 59.7 Å². The third-order valence-corrected chi connectivity index (χ3v) is 6.07. The number of hydrogen-bond acceptors (Lipinski definition) is 5. The van der Waals surface area contributed by atoms with E-state index in [-0.39, 0.29) is 38.2 Å². The fourth-order valence-electron chi connectivity index (χ4n) is 4.24. The molecule has 2 amide bonds. The second-order valence-electron chi connectivity index (χ2n) is 8.20. The third kappa shape index (κ3) is 4.45. The molecule has 0 saturated carbocycles. The van der Waals surface area contributed by atoms with Gasteiger partial charge in [-0.2, -0.15) is 0 Å². The summed E-state index contributed by atoms with van der Waals surface area (Å²) in [7, 11) is 0. The molecule has 1 saturated heterocycles. The standard InChI is InChI=1S/C24H26N2O6/c1-14(22(27)26-21-13-31-11-20(21)23(28)29)10-25-24(30)32-12-19-17-8-4-2-6-15(17)16-7-3-5-9-18(16)19/h2-9,14,19-21H,10-13H2,1H3,(H,25,30)(H,26,27)(H,28,29). The molecule has 0 aromatic heterocycles. The number of carboxylic acids is 1. The van der Waals surface area contributed by atoms with E-state index >= 15 is 0 Å². The molecule has 8 nitrogen and oxygen atoms in total. The Balaban J connectivity index is 1.28. The van der Waals surface area contributed by atoms with Gasteiger partial charge in [0.1, 0.15) is 12.5 Å². The van der Waals surface area contributed by atoms with E-state index < -0.39 is 29.9 Å². The summed E-state index contributed by atoms with van der Waals surface area (Å²) in [5.41, 5.74) is 4.55. The van der Waals surface area contributed by atoms with Gasteiger partial charge in [0.05, 0.1) is 25.2 Å². The highest BCUT2D eigenvalue weighted by Gasteiger charge is 2.36. The number of nitrogens with one attached hydrogen (secondary N) is 2. The SMILES string of the molecule is CC(CNC(=O)OCC1c2ccccc2-c2ccccc21)C(=O)NC1COCC1C(=O)O. The van der Waals surface area contributed by atoms with E-state index in [1.54, 1.807) is 6.92 Å². The first kappa shape index (κ1) is 21.8. The zero-order valence-electron chi connectivity index (χ0n) is 17.7. The lowest BCUT2D eigenvalue weighted by Gasteiger charge is -2.19. The van der Waals surface area contributed by atoms with Crippen molar-refractivity contribution in [2.45, 2.75) is 18.9 Å². The number of rotatable bonds is 7. The summed E-state index contributed by atoms with van der Waals surface area (Å²) in [4.78, 5) is 35.9. The Labute approximate surface area is 185 Å². The number of aliphatic carboxylic acids is 1. The van der Waals surface area contributed by atoms with E-state index in [2.05, 4.69) is 22.8 Å². The first-order chi connectivity index (χ1) is 15.5. The minimum atomic E-state index is -1.00. The van der Waals surface area contributed by atoms with Crippen LogP contribution in [0.4, 0.5) is 4.79 Å². The van der Waals surface area contributed by atoms with Crippen molar-refractivity contribution in [2.24, 2.45) is 11.8 Å². The Morgan fingerprint density at radius 1 is 1.06 bits per heavy atom. The summed E-state index contributed by atoms with van der Waals surface area (Å²) in [5.74, 6) is -2.70. The van der Waals surface area contributed by atoms with Crippen molar-refractivity contribution in [3.63, 3.8) is 0 Å². The maximum Gasteiger partial charge on any atom is 0.407 e. The smallest absolute Gasteiger partial charge is 0.407 e. The predicted molar refractivity (Wildman–Crippen MR) is 116 cm³/mol. The van der Waals surface area contributed by atoms with Crippen molar-refractivity contribution in [1.82, 2.24) is 10.6 Å². The molecule has 32 heavy (non-hydrogen) atoms. The topological polar surface area (TPSA) is 114 Å². The average Bonchev–Trinajstić information content (AvgIpc) is 3.38. The van der Waals surface area contributed by atoms with Crippen molar-refractivity contribution in [3.8, 4) is 11.1 Å². The zero-order chi connectivity index (χ0) is 22.7. The normalized spacial score (nSPS) is 20.2. The molecule has 4 rings (SSSR count). The maximum absolute atomic E-state index is 12.4. The van der Waals surface area contributed by atoms with Crippen LogP contribution in [0.5, 0.6) is 0 Å². The van der Waals surface area contributed by atoms with Crippen LogP contribution in [0, 0.1) is 11.8 Å². The van der Waals surface area contributed by atoms with Crippen LogP contribution in [0.1, 0.15) is 24.0 Å². The fraction of sp³-hybridized carbons (Fsp3) is 0.375. The minimum Gasteiger partial charge on any atom is -0.481 e. The van der Waals surface area contributed by atoms with Gasteiger partial charge < -0.3 is 25.2 Å². The number of benzene rings is 2. The number of alkyl carbamates (subject to hydrolysis) is 1. The molecule has 1 aliphatic carbocycles. The Kier molecular flexibility index (Phi) is 6.41. The van der Waals surface area contributed by atoms with Crippen LogP contribution in [-0.4, -0.2) is 55.5 Å². The van der Waals surface area contributed by atoms with Gasteiger partial charge in [0, 0.05) is 12.5 Å². The second-order valence-corrected chi connectivity index (χ2v) is 8.20. The Morgan fingerprint density at radius 2 is 1.69 bits per heavy atom. The van der Waals surface area contributed by atoms with Crippen LogP contribution in [-0.2, 0) is 19.1 Å². The summed E-state index contributed by atoms with van der Waals surface area (Å²) < 4.78 is 10.6. The van der Waals surface area contributed by atoms with Crippen LogP contribution >= 0.6 is 0 Å². The summed E-state index contributed by atoms with van der Waals surface area (Å²) in [6, 6.07) is 15.6. The summed E-state index contributed by atoms with van der Waals surface area (Å²) in [6.07, 6.45) is -0.598. The molecule has 0 spiro atoms. The lowest BCUT2D eigenvalue weighted by molar-refractivity contribution is -0.142. The van der Waals surface area contributed by atoms with E-state index in [9.17, 15) is 19.5 Å². The summed E-state index contributed by atoms with van der Waals surface area (Å²) in [6.45, 7) is 2.17. The number of carbonyl (C=O) groups excluding carboxylic acids is 2. The van der Waals surface area contributed by atoms with Crippen molar-refractivity contribution < 1.29 is 29.0 Å². The molecular formula is C24H26N2O6. The second kappa shape index (κ2) is 9.40. The van der Waals surface area contributed by atoms with Gasteiger partial charge in [0.2, 0.25) is 5.91 Å². The van der Waals surface area contributed by atoms with Crippen LogP contribution in [0.25, 0.3) is 11.1 Å². The van der Waals surface area contributed by atoms with Gasteiger partial charge >= 0.3 is 12.1 Å². The van der Waals surface area contributed by atoms with Gasteiger partial charge in [-0.05, 0) is 22.3 Å². The number of ether oxygens (including phenoxy) is 2. The minimum absolute atomic E-state index is 0.0378. The number of fused-ring (bicyclic) bond motifs is 3. The molecule has 0 radical (unpaired) electrons. The first-order valence-electron chi connectivity index (χ1n) is 10.7. The lowest BCUT2D eigenvalue weighted by Crippen LogP contribution is -2.46. The Morgan fingerprint density at radius 3 is 2.31 bits per heavy atom. The van der Waals surface area contributed by atoms with E-state index in [1.165, 1.54) is 0 Å². The molecule has 0 bridgehead atoms. The molecule has 168 valence electrons. The van der Waals surface area contributed by atoms with Crippen LogP contribution in [0.3, 0.4) is 0 Å². The van der Waals surface area contributed by atoms with Gasteiger partial charge in [0.25, 0.3) is 0 Å². The molecule has 1 heterocycles. The number of carboxylic acid groups (broad SMARTS) is 1. The van der Waals surface area contributed by atoms with E-state index in [0.717, 1.165) is 22.3 Å². The van der Waals surface area contributed by atoms with Crippen LogP contribution < -0.4 is 10.6 Å². The van der Waals surface area contributed by atoms with Crippen LogP contribution in [0.15, 0.2) is 48.5 Å². The molecule has 8 heteroatoms. The van der Waals surface area contributed by atoms with Crippen molar-refractivity contribution in [1.29, 1.82) is 0 Å². The highest BCUT2D eigenvalue weighted by Crippen LogP contribution is 2.44. The summed E-state index contributed by atoms with van der Waals surface area (Å²) >= 11 is 0. The summed E-state index contributed by atoms with van der Waals surface area (Å²) in [5, 5.41) is 14.5. The number of hydrogen-bond donors (Lipinski definition) is 3. The molecule has 3 unspecified atom stereocenters. The monoisotopic (exact) mass is 438 g/mol. The van der Waals surface area contributed by atoms with Gasteiger partial charge in [-0.15, -0.1) is 0 Å². The van der Waals surface area contributed by atoms with E-state index in [1.807, 2.05) is 36.4 Å². The van der Waals surface area contributed by atoms with Gasteiger partial charge in [-0.3, -0.25) is 9.59 Å².